The lowest BCUT2D eigenvalue weighted by atomic mass is 9.83. The highest BCUT2D eigenvalue weighted by molar-refractivity contribution is 5.87. The number of nitrogens with zero attached hydrogens (tertiary/aromatic N) is 5. The van der Waals surface area contributed by atoms with E-state index in [1.54, 1.807) is 12.4 Å². The van der Waals surface area contributed by atoms with Crippen LogP contribution in [0.3, 0.4) is 0 Å². The van der Waals surface area contributed by atoms with E-state index in [0.29, 0.717) is 18.9 Å². The first-order valence-corrected chi connectivity index (χ1v) is 10.7. The van der Waals surface area contributed by atoms with Crippen LogP contribution in [0.4, 0.5) is 5.82 Å². The minimum atomic E-state index is -0.543. The first-order chi connectivity index (χ1) is 14.9. The van der Waals surface area contributed by atoms with Crippen LogP contribution in [0.2, 0.25) is 0 Å². The Bertz CT molecular complexity index is 1060. The molecule has 160 valence electrons. The van der Waals surface area contributed by atoms with E-state index in [0.717, 1.165) is 41.3 Å². The summed E-state index contributed by atoms with van der Waals surface area (Å²) in [5.74, 6) is 1.81. The zero-order chi connectivity index (χ0) is 22.0. The van der Waals surface area contributed by atoms with Gasteiger partial charge in [0, 0.05) is 55.4 Å². The molecule has 31 heavy (non-hydrogen) atoms. The van der Waals surface area contributed by atoms with Crippen LogP contribution in [0.1, 0.15) is 30.7 Å². The maximum Gasteiger partial charge on any atom is 0.232 e. The highest BCUT2D eigenvalue weighted by Gasteiger charge is 2.35. The highest BCUT2D eigenvalue weighted by atomic mass is 16.2. The lowest BCUT2D eigenvalue weighted by Gasteiger charge is -2.39. The number of rotatable bonds is 4. The van der Waals surface area contributed by atoms with Crippen molar-refractivity contribution in [1.82, 2.24) is 19.9 Å². The summed E-state index contributed by atoms with van der Waals surface area (Å²) >= 11 is 0. The van der Waals surface area contributed by atoms with Crippen LogP contribution < -0.4 is 4.90 Å². The van der Waals surface area contributed by atoms with Crippen LogP contribution in [0, 0.1) is 13.8 Å². The molecule has 3 aromatic rings. The summed E-state index contributed by atoms with van der Waals surface area (Å²) in [7, 11) is 0. The van der Waals surface area contributed by atoms with Gasteiger partial charge in [-0.2, -0.15) is 0 Å². The van der Waals surface area contributed by atoms with Crippen molar-refractivity contribution in [2.75, 3.05) is 31.1 Å². The predicted octanol–water partition coefficient (Wildman–Crippen LogP) is 3.78. The molecule has 0 spiro atoms. The quantitative estimate of drug-likeness (QED) is 0.649. The van der Waals surface area contributed by atoms with Crippen LogP contribution in [0.25, 0.3) is 11.4 Å². The molecule has 6 heteroatoms. The number of pyridine rings is 1. The van der Waals surface area contributed by atoms with Crippen molar-refractivity contribution in [1.29, 1.82) is 0 Å². The SMILES string of the molecule is Cc1nc(-c2cccnc2)nc(N2CCN(C(=O)C(C)(C)c3ccccc3)CC2)c1C. The summed E-state index contributed by atoms with van der Waals surface area (Å²) in [6.07, 6.45) is 3.54. The van der Waals surface area contributed by atoms with Crippen LogP contribution in [0.15, 0.2) is 54.9 Å². The van der Waals surface area contributed by atoms with E-state index >= 15 is 0 Å². The molecule has 0 aliphatic carbocycles. The lowest BCUT2D eigenvalue weighted by Crippen LogP contribution is -2.53. The van der Waals surface area contributed by atoms with E-state index in [-0.39, 0.29) is 5.91 Å². The molecule has 1 aliphatic rings. The van der Waals surface area contributed by atoms with Crippen LogP contribution in [-0.4, -0.2) is 51.9 Å². The molecule has 0 saturated carbocycles. The standard InChI is InChI=1S/C25H29N5O/c1-18-19(2)27-22(20-9-8-12-26-17-20)28-23(18)29-13-15-30(16-14-29)24(31)25(3,4)21-10-6-5-7-11-21/h5-12,17H,13-16H2,1-4H3. The second-order valence-corrected chi connectivity index (χ2v) is 8.59. The fraction of sp³-hybridized carbons (Fsp3) is 0.360. The van der Waals surface area contributed by atoms with E-state index in [2.05, 4.69) is 21.8 Å². The third-order valence-electron chi connectivity index (χ3n) is 6.18. The number of amides is 1. The zero-order valence-electron chi connectivity index (χ0n) is 18.7. The molecular formula is C25H29N5O. The highest BCUT2D eigenvalue weighted by Crippen LogP contribution is 2.28. The van der Waals surface area contributed by atoms with Crippen molar-refractivity contribution in [2.24, 2.45) is 0 Å². The van der Waals surface area contributed by atoms with Gasteiger partial charge in [-0.15, -0.1) is 0 Å². The number of hydrogen-bond donors (Lipinski definition) is 0. The molecule has 0 bridgehead atoms. The van der Waals surface area contributed by atoms with Gasteiger partial charge in [0.25, 0.3) is 0 Å². The van der Waals surface area contributed by atoms with Gasteiger partial charge >= 0.3 is 0 Å². The predicted molar refractivity (Wildman–Crippen MR) is 123 cm³/mol. The molecule has 0 atom stereocenters. The first kappa shape index (κ1) is 21.0. The molecule has 2 aromatic heterocycles. The summed E-state index contributed by atoms with van der Waals surface area (Å²) in [5, 5.41) is 0. The third-order valence-corrected chi connectivity index (χ3v) is 6.18. The number of carbonyl (C=O) groups excluding carboxylic acids is 1. The molecule has 1 aliphatic heterocycles. The summed E-state index contributed by atoms with van der Waals surface area (Å²) < 4.78 is 0. The van der Waals surface area contributed by atoms with Crippen LogP contribution >= 0.6 is 0 Å². The van der Waals surface area contributed by atoms with Gasteiger partial charge in [-0.25, -0.2) is 9.97 Å². The van der Waals surface area contributed by atoms with E-state index in [9.17, 15) is 4.79 Å². The second-order valence-electron chi connectivity index (χ2n) is 8.59. The summed E-state index contributed by atoms with van der Waals surface area (Å²) in [6.45, 7) is 11.0. The monoisotopic (exact) mass is 415 g/mol. The molecule has 4 rings (SSSR count). The Kier molecular flexibility index (Phi) is 5.72. The largest absolute Gasteiger partial charge is 0.353 e. The second kappa shape index (κ2) is 8.46. The fourth-order valence-electron chi connectivity index (χ4n) is 4.04. The average molecular weight is 416 g/mol. The van der Waals surface area contributed by atoms with E-state index in [4.69, 9.17) is 4.98 Å². The molecule has 1 amide bonds. The molecule has 3 heterocycles. The number of aromatic nitrogens is 3. The summed E-state index contributed by atoms with van der Waals surface area (Å²) in [6, 6.07) is 13.9. The van der Waals surface area contributed by atoms with Crippen molar-refractivity contribution >= 4 is 11.7 Å². The first-order valence-electron chi connectivity index (χ1n) is 10.7. The maximum absolute atomic E-state index is 13.3. The molecule has 1 fully saturated rings. The van der Waals surface area contributed by atoms with Crippen LogP contribution in [-0.2, 0) is 10.2 Å². The molecular weight excluding hydrogens is 386 g/mol. The van der Waals surface area contributed by atoms with Gasteiger partial charge in [-0.05, 0) is 45.4 Å². The van der Waals surface area contributed by atoms with Gasteiger partial charge in [-0.1, -0.05) is 30.3 Å². The molecule has 6 nitrogen and oxygen atoms in total. The Morgan fingerprint density at radius 3 is 2.29 bits per heavy atom. The molecule has 0 unspecified atom stereocenters. The van der Waals surface area contributed by atoms with Crippen molar-refractivity contribution in [3.8, 4) is 11.4 Å². The molecule has 0 N–H and O–H groups in total. The van der Waals surface area contributed by atoms with Gasteiger partial charge in [0.05, 0.1) is 5.41 Å². The van der Waals surface area contributed by atoms with Gasteiger partial charge in [0.2, 0.25) is 5.91 Å². The number of anilines is 1. The Hall–Kier alpha value is -3.28. The van der Waals surface area contributed by atoms with E-state index in [1.807, 2.05) is 68.1 Å². The topological polar surface area (TPSA) is 62.2 Å². The van der Waals surface area contributed by atoms with Gasteiger partial charge in [0.1, 0.15) is 5.82 Å². The Balaban J connectivity index is 1.51. The van der Waals surface area contributed by atoms with Gasteiger partial charge in [0.15, 0.2) is 5.82 Å². The number of hydrogen-bond acceptors (Lipinski definition) is 5. The van der Waals surface area contributed by atoms with Crippen LogP contribution in [0.5, 0.6) is 0 Å². The average Bonchev–Trinajstić information content (AvgIpc) is 2.81. The molecule has 1 aromatic carbocycles. The lowest BCUT2D eigenvalue weighted by molar-refractivity contribution is -0.136. The van der Waals surface area contributed by atoms with Gasteiger partial charge < -0.3 is 9.80 Å². The van der Waals surface area contributed by atoms with Crippen molar-refractivity contribution in [3.05, 3.63) is 71.7 Å². The Labute approximate surface area is 184 Å². The summed E-state index contributed by atoms with van der Waals surface area (Å²) in [4.78, 5) is 31.3. The molecule has 0 radical (unpaired) electrons. The fourth-order valence-corrected chi connectivity index (χ4v) is 4.04. The normalized spacial score (nSPS) is 14.6. The minimum absolute atomic E-state index is 0.171. The van der Waals surface area contributed by atoms with Crippen molar-refractivity contribution in [3.63, 3.8) is 0 Å². The van der Waals surface area contributed by atoms with Gasteiger partial charge in [-0.3, -0.25) is 9.78 Å². The number of benzene rings is 1. The van der Waals surface area contributed by atoms with Crippen molar-refractivity contribution < 1.29 is 4.79 Å². The zero-order valence-corrected chi connectivity index (χ0v) is 18.7. The minimum Gasteiger partial charge on any atom is -0.353 e. The van der Waals surface area contributed by atoms with E-state index in [1.165, 1.54) is 0 Å². The Morgan fingerprint density at radius 2 is 1.65 bits per heavy atom. The number of carbonyl (C=O) groups is 1. The third kappa shape index (κ3) is 4.15. The Morgan fingerprint density at radius 1 is 0.935 bits per heavy atom. The smallest absolute Gasteiger partial charge is 0.232 e. The molecule has 1 saturated heterocycles. The van der Waals surface area contributed by atoms with E-state index < -0.39 is 5.41 Å². The maximum atomic E-state index is 13.3. The number of aryl methyl sites for hydroxylation is 1. The number of piperazine rings is 1. The van der Waals surface area contributed by atoms with Crippen molar-refractivity contribution in [2.45, 2.75) is 33.1 Å². The summed E-state index contributed by atoms with van der Waals surface area (Å²) in [5.41, 5.74) is 3.46.